The minimum absolute atomic E-state index is 0.173. The zero-order valence-electron chi connectivity index (χ0n) is 16.8. The Morgan fingerprint density at radius 2 is 1.82 bits per heavy atom. The Balaban J connectivity index is 2.14. The molecule has 0 aliphatic heterocycles. The van der Waals surface area contributed by atoms with Crippen LogP contribution < -0.4 is 10.9 Å². The number of hydrogen-bond acceptors (Lipinski definition) is 4. The van der Waals surface area contributed by atoms with Gasteiger partial charge in [-0.15, -0.1) is 0 Å². The Morgan fingerprint density at radius 3 is 2.46 bits per heavy atom. The van der Waals surface area contributed by atoms with Crippen molar-refractivity contribution in [3.8, 4) is 5.69 Å². The van der Waals surface area contributed by atoms with E-state index in [4.69, 9.17) is 9.72 Å². The molecule has 3 aromatic rings. The first-order chi connectivity index (χ1) is 13.2. The Bertz CT molecular complexity index is 1070. The van der Waals surface area contributed by atoms with Gasteiger partial charge in [0.15, 0.2) is 0 Å². The number of nitrogens with zero attached hydrogens (tertiary/aromatic N) is 2. The van der Waals surface area contributed by atoms with Crippen LogP contribution in [-0.4, -0.2) is 21.2 Å². The van der Waals surface area contributed by atoms with Crippen LogP contribution in [0, 0.1) is 6.92 Å². The zero-order valence-corrected chi connectivity index (χ0v) is 16.8. The van der Waals surface area contributed by atoms with E-state index in [9.17, 15) is 9.59 Å². The fraction of sp³-hybridized carbons (Fsp3) is 0.318. The number of carbonyl (C=O) groups is 1. The second kappa shape index (κ2) is 7.46. The van der Waals surface area contributed by atoms with Crippen LogP contribution in [0.2, 0.25) is 0 Å². The number of nitrogens with one attached hydrogen (secondary N) is 1. The zero-order chi connectivity index (χ0) is 20.5. The molecule has 146 valence electrons. The summed E-state index contributed by atoms with van der Waals surface area (Å²) in [4.78, 5) is 30.2. The molecule has 0 radical (unpaired) electrons. The molecule has 0 spiro atoms. The van der Waals surface area contributed by atoms with Crippen molar-refractivity contribution in [1.82, 2.24) is 14.9 Å². The van der Waals surface area contributed by atoms with Gasteiger partial charge >= 0.3 is 6.09 Å². The number of aromatic nitrogens is 2. The van der Waals surface area contributed by atoms with E-state index in [1.54, 1.807) is 32.3 Å². The lowest BCUT2D eigenvalue weighted by Gasteiger charge is -2.23. The number of rotatable bonds is 3. The minimum Gasteiger partial charge on any atom is -0.444 e. The fourth-order valence-corrected chi connectivity index (χ4v) is 2.98. The molecule has 0 saturated carbocycles. The number of fused-ring (bicyclic) bond motifs is 1. The molecular weight excluding hydrogens is 354 g/mol. The lowest BCUT2D eigenvalue weighted by molar-refractivity contribution is 0.0505. The largest absolute Gasteiger partial charge is 0.444 e. The number of para-hydroxylation sites is 1. The Morgan fingerprint density at radius 1 is 1.14 bits per heavy atom. The fourth-order valence-electron chi connectivity index (χ4n) is 2.98. The molecule has 6 nitrogen and oxygen atoms in total. The molecule has 2 aromatic carbocycles. The van der Waals surface area contributed by atoms with Crippen molar-refractivity contribution in [2.75, 3.05) is 0 Å². The third-order valence-electron chi connectivity index (χ3n) is 4.18. The summed E-state index contributed by atoms with van der Waals surface area (Å²) in [5.41, 5.74) is 1.48. The third-order valence-corrected chi connectivity index (χ3v) is 4.18. The summed E-state index contributed by atoms with van der Waals surface area (Å²) in [5, 5.41) is 3.32. The minimum atomic E-state index is -0.614. The van der Waals surface area contributed by atoms with Crippen molar-refractivity contribution in [3.63, 3.8) is 0 Å². The maximum absolute atomic E-state index is 13.3. The van der Waals surface area contributed by atoms with Crippen molar-refractivity contribution in [1.29, 1.82) is 0 Å². The summed E-state index contributed by atoms with van der Waals surface area (Å²) in [5.74, 6) is 0.443. The molecule has 1 atom stereocenters. The molecule has 0 fully saturated rings. The number of carbonyl (C=O) groups excluding carboxylic acids is 1. The normalized spacial score (nSPS) is 12.6. The molecule has 28 heavy (non-hydrogen) atoms. The molecule has 0 aliphatic rings. The average molecular weight is 379 g/mol. The Labute approximate surface area is 164 Å². The van der Waals surface area contributed by atoms with Crippen molar-refractivity contribution < 1.29 is 9.53 Å². The molecular formula is C22H25N3O3. The maximum atomic E-state index is 13.3. The quantitative estimate of drug-likeness (QED) is 0.737. The summed E-state index contributed by atoms with van der Waals surface area (Å²) in [6, 6.07) is 14.3. The Hall–Kier alpha value is -3.15. The van der Waals surface area contributed by atoms with Gasteiger partial charge in [-0.05, 0) is 58.9 Å². The standard InChI is InChI=1S/C22H25N3O3/c1-14-11-12-18-17(13-14)20(26)25(16-9-7-6-8-10-16)19(24-18)15(2)23-21(27)28-22(3,4)5/h6-13,15H,1-5H3,(H,23,27)/t15-/m0/s1. The van der Waals surface area contributed by atoms with Crippen LogP contribution in [-0.2, 0) is 4.74 Å². The van der Waals surface area contributed by atoms with E-state index in [0.29, 0.717) is 22.4 Å². The monoisotopic (exact) mass is 379 g/mol. The number of benzene rings is 2. The molecule has 1 heterocycles. The van der Waals surface area contributed by atoms with Crippen LogP contribution >= 0.6 is 0 Å². The summed E-state index contributed by atoms with van der Waals surface area (Å²) < 4.78 is 6.89. The summed E-state index contributed by atoms with van der Waals surface area (Å²) in [7, 11) is 0. The first-order valence-corrected chi connectivity index (χ1v) is 9.24. The predicted molar refractivity (Wildman–Crippen MR) is 110 cm³/mol. The van der Waals surface area contributed by atoms with E-state index in [1.807, 2.05) is 55.5 Å². The molecule has 1 amide bonds. The van der Waals surface area contributed by atoms with E-state index >= 15 is 0 Å². The highest BCUT2D eigenvalue weighted by molar-refractivity contribution is 5.79. The highest BCUT2D eigenvalue weighted by Gasteiger charge is 2.22. The summed E-state index contributed by atoms with van der Waals surface area (Å²) >= 11 is 0. The van der Waals surface area contributed by atoms with E-state index in [1.165, 1.54) is 0 Å². The second-order valence-corrected chi connectivity index (χ2v) is 7.83. The first kappa shape index (κ1) is 19.6. The van der Waals surface area contributed by atoms with Gasteiger partial charge in [-0.3, -0.25) is 9.36 Å². The number of ether oxygens (including phenoxy) is 1. The van der Waals surface area contributed by atoms with Crippen LogP contribution in [0.3, 0.4) is 0 Å². The smallest absolute Gasteiger partial charge is 0.408 e. The van der Waals surface area contributed by atoms with Gasteiger partial charge in [0, 0.05) is 0 Å². The topological polar surface area (TPSA) is 73.2 Å². The second-order valence-electron chi connectivity index (χ2n) is 7.83. The van der Waals surface area contributed by atoms with Gasteiger partial charge in [-0.2, -0.15) is 0 Å². The highest BCUT2D eigenvalue weighted by atomic mass is 16.6. The van der Waals surface area contributed by atoms with Crippen molar-refractivity contribution in [2.45, 2.75) is 46.3 Å². The molecule has 0 saturated heterocycles. The average Bonchev–Trinajstić information content (AvgIpc) is 2.61. The van der Waals surface area contributed by atoms with E-state index in [0.717, 1.165) is 5.56 Å². The van der Waals surface area contributed by atoms with E-state index in [-0.39, 0.29) is 5.56 Å². The molecule has 0 bridgehead atoms. The van der Waals surface area contributed by atoms with Crippen LogP contribution in [0.1, 0.15) is 45.1 Å². The molecule has 0 aliphatic carbocycles. The van der Waals surface area contributed by atoms with Gasteiger partial charge in [0.2, 0.25) is 0 Å². The van der Waals surface area contributed by atoms with Crippen LogP contribution in [0.5, 0.6) is 0 Å². The van der Waals surface area contributed by atoms with E-state index < -0.39 is 17.7 Å². The maximum Gasteiger partial charge on any atom is 0.408 e. The van der Waals surface area contributed by atoms with Gasteiger partial charge in [-0.1, -0.05) is 29.8 Å². The highest BCUT2D eigenvalue weighted by Crippen LogP contribution is 2.19. The number of aryl methyl sites for hydroxylation is 1. The lowest BCUT2D eigenvalue weighted by Crippen LogP contribution is -2.36. The Kier molecular flexibility index (Phi) is 5.23. The predicted octanol–water partition coefficient (Wildman–Crippen LogP) is 4.28. The SMILES string of the molecule is Cc1ccc2nc([C@H](C)NC(=O)OC(C)(C)C)n(-c3ccccc3)c(=O)c2c1. The number of alkyl carbamates (subject to hydrolysis) is 1. The van der Waals surface area contributed by atoms with Crippen molar-refractivity contribution >= 4 is 17.0 Å². The van der Waals surface area contributed by atoms with Crippen molar-refractivity contribution in [2.24, 2.45) is 0 Å². The van der Waals surface area contributed by atoms with Gasteiger partial charge < -0.3 is 10.1 Å². The molecule has 6 heteroatoms. The van der Waals surface area contributed by atoms with Gasteiger partial charge in [-0.25, -0.2) is 9.78 Å². The number of hydrogen-bond donors (Lipinski definition) is 1. The molecule has 1 aromatic heterocycles. The van der Waals surface area contributed by atoms with E-state index in [2.05, 4.69) is 5.32 Å². The summed E-state index contributed by atoms with van der Waals surface area (Å²) in [6.07, 6.45) is -0.558. The van der Waals surface area contributed by atoms with Crippen molar-refractivity contribution in [3.05, 3.63) is 70.3 Å². The third kappa shape index (κ3) is 4.22. The van der Waals surface area contributed by atoms with Crippen LogP contribution in [0.15, 0.2) is 53.3 Å². The first-order valence-electron chi connectivity index (χ1n) is 9.24. The lowest BCUT2D eigenvalue weighted by atomic mass is 10.1. The molecule has 0 unspecified atom stereocenters. The van der Waals surface area contributed by atoms with Gasteiger partial charge in [0.1, 0.15) is 11.4 Å². The number of amides is 1. The summed E-state index contributed by atoms with van der Waals surface area (Å²) in [6.45, 7) is 9.12. The van der Waals surface area contributed by atoms with Gasteiger partial charge in [0.25, 0.3) is 5.56 Å². The van der Waals surface area contributed by atoms with Crippen LogP contribution in [0.4, 0.5) is 4.79 Å². The molecule has 1 N–H and O–H groups in total. The van der Waals surface area contributed by atoms with Gasteiger partial charge in [0.05, 0.1) is 22.6 Å². The van der Waals surface area contributed by atoms with Crippen LogP contribution in [0.25, 0.3) is 16.6 Å². The molecule has 3 rings (SSSR count).